The molecule has 6 nitrogen and oxygen atoms in total. The minimum Gasteiger partial charge on any atom is -0.502 e. The third-order valence-electron chi connectivity index (χ3n) is 1.13. The van der Waals surface area contributed by atoms with Crippen LogP contribution in [0.5, 0.6) is 5.75 Å². The van der Waals surface area contributed by atoms with E-state index >= 15 is 0 Å². The smallest absolute Gasteiger partial charge is 0.311 e. The van der Waals surface area contributed by atoms with Crippen molar-refractivity contribution in [2.75, 3.05) is 0 Å². The lowest BCUT2D eigenvalue weighted by atomic mass is 10.3. The van der Waals surface area contributed by atoms with Crippen LogP contribution in [0.3, 0.4) is 0 Å². The highest BCUT2D eigenvalue weighted by Gasteiger charge is 2.11. The third kappa shape index (κ3) is 5.83. The van der Waals surface area contributed by atoms with E-state index in [9.17, 15) is 10.1 Å². The minimum atomic E-state index is -0.833. The van der Waals surface area contributed by atoms with Gasteiger partial charge < -0.3 is 10.2 Å². The largest absolute Gasteiger partial charge is 0.502 e. The summed E-state index contributed by atoms with van der Waals surface area (Å²) in [6.45, 7) is 1.08. The number of aliphatic carboxylic acids is 1. The predicted octanol–water partition coefficient (Wildman–Crippen LogP) is 2.00. The number of phenolic OH excluding ortho intramolecular Hbond substituents is 1. The molecule has 2 N–H and O–H groups in total. The van der Waals surface area contributed by atoms with Crippen molar-refractivity contribution in [3.8, 4) is 5.75 Å². The number of nitro groups is 1. The molecule has 7 heteroatoms. The van der Waals surface area contributed by atoms with Gasteiger partial charge in [0.1, 0.15) is 0 Å². The monoisotopic (exact) mass is 325 g/mol. The molecule has 15 heavy (non-hydrogen) atoms. The Kier molecular flexibility index (Phi) is 5.60. The van der Waals surface area contributed by atoms with Crippen LogP contribution < -0.4 is 0 Å². The molecule has 1 aromatic rings. The van der Waals surface area contributed by atoms with Crippen LogP contribution in [0.4, 0.5) is 5.69 Å². The van der Waals surface area contributed by atoms with Crippen molar-refractivity contribution in [3.63, 3.8) is 0 Å². The standard InChI is InChI=1S/C6H4INO3.C2H4O2/c7-4-1-2-6(9)5(3-4)8(10)11;1-2(3)4/h1-3,9H;1H3,(H,3,4). The Bertz CT molecular complexity index is 375. The highest BCUT2D eigenvalue weighted by molar-refractivity contribution is 14.1. The van der Waals surface area contributed by atoms with Crippen molar-refractivity contribution >= 4 is 34.2 Å². The number of aromatic hydroxyl groups is 1. The topological polar surface area (TPSA) is 101 Å². The molecule has 0 aliphatic rings. The van der Waals surface area contributed by atoms with Gasteiger partial charge in [-0.2, -0.15) is 0 Å². The highest BCUT2D eigenvalue weighted by Crippen LogP contribution is 2.26. The van der Waals surface area contributed by atoms with Gasteiger partial charge in [-0.1, -0.05) is 0 Å². The molecule has 0 spiro atoms. The van der Waals surface area contributed by atoms with E-state index in [4.69, 9.17) is 15.0 Å². The van der Waals surface area contributed by atoms with E-state index in [1.54, 1.807) is 6.07 Å². The molecule has 1 aromatic carbocycles. The first kappa shape index (κ1) is 13.6. The maximum atomic E-state index is 10.2. The molecule has 0 aromatic heterocycles. The first-order valence-corrected chi connectivity index (χ1v) is 4.75. The molecule has 0 saturated heterocycles. The highest BCUT2D eigenvalue weighted by atomic mass is 127. The summed E-state index contributed by atoms with van der Waals surface area (Å²) in [5.74, 6) is -1.13. The lowest BCUT2D eigenvalue weighted by Gasteiger charge is -1.94. The summed E-state index contributed by atoms with van der Waals surface area (Å²) in [7, 11) is 0. The number of phenols is 1. The average molecular weight is 325 g/mol. The molecule has 1 rings (SSSR count). The molecular formula is C8H8INO5. The van der Waals surface area contributed by atoms with Crippen LogP contribution in [0.1, 0.15) is 6.92 Å². The molecule has 0 aliphatic carbocycles. The van der Waals surface area contributed by atoms with Crippen molar-refractivity contribution in [1.82, 2.24) is 0 Å². The zero-order valence-electron chi connectivity index (χ0n) is 7.68. The van der Waals surface area contributed by atoms with Crippen molar-refractivity contribution < 1.29 is 19.9 Å². The van der Waals surface area contributed by atoms with E-state index in [0.29, 0.717) is 0 Å². The van der Waals surface area contributed by atoms with Gasteiger partial charge in [0.25, 0.3) is 5.97 Å². The number of hydrogen-bond donors (Lipinski definition) is 2. The summed E-state index contributed by atoms with van der Waals surface area (Å²) in [4.78, 5) is 18.6. The maximum absolute atomic E-state index is 10.2. The van der Waals surface area contributed by atoms with Crippen LogP contribution in [-0.2, 0) is 4.79 Å². The Hall–Kier alpha value is -1.38. The third-order valence-corrected chi connectivity index (χ3v) is 1.81. The molecule has 0 bridgehead atoms. The summed E-state index contributed by atoms with van der Waals surface area (Å²) in [6, 6.07) is 4.22. The number of carbonyl (C=O) groups is 1. The quantitative estimate of drug-likeness (QED) is 0.467. The molecule has 0 fully saturated rings. The van der Waals surface area contributed by atoms with Gasteiger partial charge in [-0.25, -0.2) is 0 Å². The normalized spacial score (nSPS) is 8.67. The zero-order valence-corrected chi connectivity index (χ0v) is 9.83. The van der Waals surface area contributed by atoms with Gasteiger partial charge in [0.2, 0.25) is 0 Å². The van der Waals surface area contributed by atoms with Crippen LogP contribution in [0.2, 0.25) is 0 Å². The summed E-state index contributed by atoms with van der Waals surface area (Å²) >= 11 is 1.94. The molecule has 0 radical (unpaired) electrons. The maximum Gasteiger partial charge on any atom is 0.311 e. The second-order valence-corrected chi connectivity index (χ2v) is 3.65. The Morgan fingerprint density at radius 3 is 2.33 bits per heavy atom. The molecule has 0 unspecified atom stereocenters. The van der Waals surface area contributed by atoms with E-state index in [1.165, 1.54) is 12.1 Å². The fourth-order valence-corrected chi connectivity index (χ4v) is 1.12. The number of nitro benzene ring substituents is 1. The number of carboxylic acids is 1. The molecule has 0 heterocycles. The molecule has 82 valence electrons. The number of benzene rings is 1. The number of nitrogens with zero attached hydrogens (tertiary/aromatic N) is 1. The van der Waals surface area contributed by atoms with Gasteiger partial charge in [0.05, 0.1) is 4.92 Å². The Labute approximate surface area is 98.8 Å². The number of rotatable bonds is 1. The Morgan fingerprint density at radius 2 is 2.00 bits per heavy atom. The van der Waals surface area contributed by atoms with Gasteiger partial charge >= 0.3 is 5.69 Å². The molecule has 0 amide bonds. The van der Waals surface area contributed by atoms with E-state index in [1.807, 2.05) is 22.6 Å². The van der Waals surface area contributed by atoms with E-state index in [-0.39, 0.29) is 11.4 Å². The van der Waals surface area contributed by atoms with Crippen molar-refractivity contribution in [2.45, 2.75) is 6.92 Å². The predicted molar refractivity (Wildman–Crippen MR) is 60.8 cm³/mol. The lowest BCUT2D eigenvalue weighted by molar-refractivity contribution is -0.385. The molecular weight excluding hydrogens is 317 g/mol. The summed E-state index contributed by atoms with van der Waals surface area (Å²) < 4.78 is 0.729. The summed E-state index contributed by atoms with van der Waals surface area (Å²) in [5.41, 5.74) is -0.253. The van der Waals surface area contributed by atoms with E-state index in [2.05, 4.69) is 0 Å². The van der Waals surface area contributed by atoms with Crippen LogP contribution in [0.15, 0.2) is 18.2 Å². The van der Waals surface area contributed by atoms with Crippen LogP contribution in [0.25, 0.3) is 0 Å². The number of hydrogen-bond acceptors (Lipinski definition) is 4. The Balaban J connectivity index is 0.000000423. The van der Waals surface area contributed by atoms with Gasteiger partial charge in [0, 0.05) is 16.6 Å². The Morgan fingerprint density at radius 1 is 1.53 bits per heavy atom. The van der Waals surface area contributed by atoms with E-state index in [0.717, 1.165) is 10.5 Å². The van der Waals surface area contributed by atoms with Crippen LogP contribution >= 0.6 is 22.6 Å². The van der Waals surface area contributed by atoms with Crippen molar-refractivity contribution in [2.24, 2.45) is 0 Å². The second kappa shape index (κ2) is 6.17. The summed E-state index contributed by atoms with van der Waals surface area (Å²) in [5, 5.41) is 26.6. The van der Waals surface area contributed by atoms with Gasteiger partial charge in [-0.3, -0.25) is 14.9 Å². The van der Waals surface area contributed by atoms with Crippen molar-refractivity contribution in [1.29, 1.82) is 0 Å². The fourth-order valence-electron chi connectivity index (χ4n) is 0.643. The average Bonchev–Trinajstić information content (AvgIpc) is 2.08. The zero-order chi connectivity index (χ0) is 12.0. The van der Waals surface area contributed by atoms with Gasteiger partial charge in [-0.15, -0.1) is 0 Å². The molecule has 0 saturated carbocycles. The van der Waals surface area contributed by atoms with E-state index < -0.39 is 10.9 Å². The number of carboxylic acid groups (broad SMARTS) is 1. The second-order valence-electron chi connectivity index (χ2n) is 2.41. The number of halogens is 1. The first-order chi connectivity index (χ1) is 6.84. The van der Waals surface area contributed by atoms with Gasteiger partial charge in [0.15, 0.2) is 5.75 Å². The lowest BCUT2D eigenvalue weighted by Crippen LogP contribution is -1.88. The van der Waals surface area contributed by atoms with Gasteiger partial charge in [-0.05, 0) is 34.7 Å². The molecule has 0 atom stereocenters. The minimum absolute atomic E-state index is 0.253. The van der Waals surface area contributed by atoms with Crippen LogP contribution in [-0.4, -0.2) is 21.1 Å². The molecule has 0 aliphatic heterocycles. The van der Waals surface area contributed by atoms with Crippen LogP contribution in [0, 0.1) is 13.7 Å². The SMILES string of the molecule is CC(=O)O.O=[N+]([O-])c1cc(I)ccc1O. The fraction of sp³-hybridized carbons (Fsp3) is 0.125. The first-order valence-electron chi connectivity index (χ1n) is 3.67. The van der Waals surface area contributed by atoms with Crippen molar-refractivity contribution in [3.05, 3.63) is 31.9 Å². The summed E-state index contributed by atoms with van der Waals surface area (Å²) in [6.07, 6.45) is 0.